The summed E-state index contributed by atoms with van der Waals surface area (Å²) in [5.41, 5.74) is 6.09. The minimum absolute atomic E-state index is 0.314. The smallest absolute Gasteiger partial charge is 0.335 e. The highest BCUT2D eigenvalue weighted by atomic mass is 16.4. The summed E-state index contributed by atoms with van der Waals surface area (Å²) in [6, 6.07) is 6.93. The molecule has 0 aliphatic heterocycles. The molecule has 1 aliphatic carbocycles. The third-order valence-corrected chi connectivity index (χ3v) is 6.18. The fourth-order valence-electron chi connectivity index (χ4n) is 4.25. The molecule has 1 aliphatic rings. The molecule has 2 nitrogen and oxygen atoms in total. The fraction of sp³-hybridized carbons (Fsp3) is 0.423. The van der Waals surface area contributed by atoms with Crippen molar-refractivity contribution in [2.45, 2.75) is 66.2 Å². The lowest BCUT2D eigenvalue weighted by molar-refractivity contribution is 0.0697. The summed E-state index contributed by atoms with van der Waals surface area (Å²) in [5, 5.41) is 8.96. The standard InChI is InChI=1S/C26H34O2/c1-5-22-12-9-19-26(6-2,7-3)24(22)18-13-20(4)10-8-11-21-14-16-23(17-15-21)25(27)28/h8,10-11,13-18H,5-7,9,12,19H2,1-4H3,(H,27,28)/b11-8+,18-13?,20-10?. The number of hydrogen-bond acceptors (Lipinski definition) is 1. The van der Waals surface area contributed by atoms with Crippen LogP contribution in [0.4, 0.5) is 0 Å². The Kier molecular flexibility index (Phi) is 8.04. The van der Waals surface area contributed by atoms with E-state index in [2.05, 4.69) is 45.9 Å². The molecule has 0 amide bonds. The molecular formula is C26H34O2. The van der Waals surface area contributed by atoms with Crippen LogP contribution in [0.3, 0.4) is 0 Å². The molecular weight excluding hydrogens is 344 g/mol. The zero-order valence-electron chi connectivity index (χ0n) is 17.8. The van der Waals surface area contributed by atoms with Gasteiger partial charge in [-0.25, -0.2) is 4.79 Å². The van der Waals surface area contributed by atoms with Gasteiger partial charge in [-0.15, -0.1) is 0 Å². The summed E-state index contributed by atoms with van der Waals surface area (Å²) in [6.45, 7) is 9.07. The number of hydrogen-bond donors (Lipinski definition) is 1. The minimum Gasteiger partial charge on any atom is -0.478 e. The van der Waals surface area contributed by atoms with E-state index in [-0.39, 0.29) is 0 Å². The van der Waals surface area contributed by atoms with Crippen molar-refractivity contribution in [2.75, 3.05) is 0 Å². The monoisotopic (exact) mass is 378 g/mol. The predicted molar refractivity (Wildman–Crippen MR) is 120 cm³/mol. The first-order chi connectivity index (χ1) is 13.5. The van der Waals surface area contributed by atoms with Gasteiger partial charge in [0.15, 0.2) is 0 Å². The van der Waals surface area contributed by atoms with Crippen LogP contribution < -0.4 is 0 Å². The molecule has 0 fully saturated rings. The number of rotatable bonds is 8. The predicted octanol–water partition coefficient (Wildman–Crippen LogP) is 7.60. The normalized spacial score (nSPS) is 17.6. The Morgan fingerprint density at radius 3 is 2.36 bits per heavy atom. The van der Waals surface area contributed by atoms with Gasteiger partial charge in [-0.05, 0) is 74.1 Å². The molecule has 0 atom stereocenters. The number of carbonyl (C=O) groups is 1. The maximum atomic E-state index is 10.9. The molecule has 0 spiro atoms. The van der Waals surface area contributed by atoms with Gasteiger partial charge in [0, 0.05) is 0 Å². The molecule has 2 rings (SSSR count). The third kappa shape index (κ3) is 5.34. The maximum absolute atomic E-state index is 10.9. The Morgan fingerprint density at radius 1 is 1.11 bits per heavy atom. The highest BCUT2D eigenvalue weighted by Gasteiger charge is 2.33. The lowest BCUT2D eigenvalue weighted by Gasteiger charge is -2.39. The number of carboxylic acid groups (broad SMARTS) is 1. The fourth-order valence-corrected chi connectivity index (χ4v) is 4.25. The van der Waals surface area contributed by atoms with Crippen LogP contribution in [-0.4, -0.2) is 11.1 Å². The Bertz CT molecular complexity index is 784. The SMILES string of the molecule is CCC1=C(C=CC(C)=C/C=C/c2ccc(C(=O)O)cc2)C(CC)(CC)CCC1. The van der Waals surface area contributed by atoms with Crippen LogP contribution >= 0.6 is 0 Å². The second kappa shape index (κ2) is 10.3. The van der Waals surface area contributed by atoms with Crippen LogP contribution in [0.5, 0.6) is 0 Å². The molecule has 150 valence electrons. The Hall–Kier alpha value is -2.35. The third-order valence-electron chi connectivity index (χ3n) is 6.18. The molecule has 28 heavy (non-hydrogen) atoms. The molecule has 0 saturated carbocycles. The van der Waals surface area contributed by atoms with Crippen LogP contribution in [-0.2, 0) is 0 Å². The molecule has 0 saturated heterocycles. The molecule has 1 N–H and O–H groups in total. The van der Waals surface area contributed by atoms with Crippen LogP contribution in [0.15, 0.2) is 65.3 Å². The first-order valence-corrected chi connectivity index (χ1v) is 10.5. The van der Waals surface area contributed by atoms with Crippen molar-refractivity contribution >= 4 is 12.0 Å². The highest BCUT2D eigenvalue weighted by molar-refractivity contribution is 5.87. The van der Waals surface area contributed by atoms with E-state index in [0.717, 1.165) is 12.0 Å². The van der Waals surface area contributed by atoms with Gasteiger partial charge in [0.2, 0.25) is 0 Å². The molecule has 0 heterocycles. The molecule has 1 aromatic carbocycles. The maximum Gasteiger partial charge on any atom is 0.335 e. The summed E-state index contributed by atoms with van der Waals surface area (Å²) in [6.07, 6.45) is 18.2. The van der Waals surface area contributed by atoms with E-state index in [1.165, 1.54) is 37.7 Å². The van der Waals surface area contributed by atoms with Crippen molar-refractivity contribution in [3.63, 3.8) is 0 Å². The lowest BCUT2D eigenvalue weighted by atomic mass is 9.66. The second-order valence-corrected chi connectivity index (χ2v) is 7.74. The quantitative estimate of drug-likeness (QED) is 0.473. The number of aromatic carboxylic acids is 1. The summed E-state index contributed by atoms with van der Waals surface area (Å²) in [4.78, 5) is 10.9. The van der Waals surface area contributed by atoms with E-state index in [1.54, 1.807) is 23.3 Å². The van der Waals surface area contributed by atoms with Crippen LogP contribution in [0, 0.1) is 5.41 Å². The number of allylic oxidation sites excluding steroid dienone is 7. The van der Waals surface area contributed by atoms with Gasteiger partial charge in [-0.1, -0.05) is 74.4 Å². The largest absolute Gasteiger partial charge is 0.478 e. The summed E-state index contributed by atoms with van der Waals surface area (Å²) < 4.78 is 0. The zero-order chi connectivity index (χ0) is 20.6. The lowest BCUT2D eigenvalue weighted by Crippen LogP contribution is -2.25. The summed E-state index contributed by atoms with van der Waals surface area (Å²) >= 11 is 0. The van der Waals surface area contributed by atoms with Gasteiger partial charge >= 0.3 is 5.97 Å². The van der Waals surface area contributed by atoms with Crippen molar-refractivity contribution in [3.8, 4) is 0 Å². The van der Waals surface area contributed by atoms with Gasteiger partial charge < -0.3 is 5.11 Å². The van der Waals surface area contributed by atoms with Gasteiger partial charge in [-0.2, -0.15) is 0 Å². The van der Waals surface area contributed by atoms with Gasteiger partial charge in [0.1, 0.15) is 0 Å². The second-order valence-electron chi connectivity index (χ2n) is 7.74. The first-order valence-electron chi connectivity index (χ1n) is 10.5. The van der Waals surface area contributed by atoms with E-state index in [1.807, 2.05) is 24.3 Å². The van der Waals surface area contributed by atoms with E-state index in [4.69, 9.17) is 5.11 Å². The van der Waals surface area contributed by atoms with Crippen LogP contribution in [0.1, 0.15) is 82.1 Å². The van der Waals surface area contributed by atoms with Crippen molar-refractivity contribution in [1.82, 2.24) is 0 Å². The van der Waals surface area contributed by atoms with Crippen LogP contribution in [0.25, 0.3) is 6.08 Å². The van der Waals surface area contributed by atoms with Gasteiger partial charge in [0.05, 0.1) is 5.56 Å². The molecule has 0 bridgehead atoms. The average molecular weight is 379 g/mol. The summed E-state index contributed by atoms with van der Waals surface area (Å²) in [5.74, 6) is -0.893. The Labute approximate surface area is 170 Å². The van der Waals surface area contributed by atoms with E-state index in [0.29, 0.717) is 11.0 Å². The minimum atomic E-state index is -0.893. The average Bonchev–Trinajstić information content (AvgIpc) is 2.72. The van der Waals surface area contributed by atoms with Crippen molar-refractivity contribution < 1.29 is 9.90 Å². The van der Waals surface area contributed by atoms with Gasteiger partial charge in [0.25, 0.3) is 0 Å². The highest BCUT2D eigenvalue weighted by Crippen LogP contribution is 2.47. The molecule has 0 aromatic heterocycles. The number of carboxylic acids is 1. The van der Waals surface area contributed by atoms with Crippen molar-refractivity contribution in [1.29, 1.82) is 0 Å². The van der Waals surface area contributed by atoms with E-state index in [9.17, 15) is 4.79 Å². The van der Waals surface area contributed by atoms with Crippen molar-refractivity contribution in [3.05, 3.63) is 76.4 Å². The van der Waals surface area contributed by atoms with Crippen LogP contribution in [0.2, 0.25) is 0 Å². The summed E-state index contributed by atoms with van der Waals surface area (Å²) in [7, 11) is 0. The molecule has 2 heteroatoms. The van der Waals surface area contributed by atoms with Gasteiger partial charge in [-0.3, -0.25) is 0 Å². The van der Waals surface area contributed by atoms with Crippen molar-refractivity contribution in [2.24, 2.45) is 5.41 Å². The molecule has 0 unspecified atom stereocenters. The number of benzene rings is 1. The topological polar surface area (TPSA) is 37.3 Å². The molecule has 1 aromatic rings. The Morgan fingerprint density at radius 2 is 1.79 bits per heavy atom. The Balaban J connectivity index is 2.15. The van der Waals surface area contributed by atoms with E-state index < -0.39 is 5.97 Å². The molecule has 0 radical (unpaired) electrons. The zero-order valence-corrected chi connectivity index (χ0v) is 17.8. The first kappa shape index (κ1) is 21.9. The van der Waals surface area contributed by atoms with E-state index >= 15 is 0 Å².